The van der Waals surface area contributed by atoms with Gasteiger partial charge >= 0.3 is 0 Å². The fourth-order valence-electron chi connectivity index (χ4n) is 3.21. The maximum atomic E-state index is 12.1. The highest BCUT2D eigenvalue weighted by Crippen LogP contribution is 2.29. The normalized spacial score (nSPS) is 21.7. The van der Waals surface area contributed by atoms with E-state index in [4.69, 9.17) is 0 Å². The van der Waals surface area contributed by atoms with Crippen LogP contribution in [0.4, 0.5) is 5.69 Å². The minimum Gasteiger partial charge on any atom is -0.372 e. The summed E-state index contributed by atoms with van der Waals surface area (Å²) in [6.45, 7) is 6.31. The molecular formula is C19H25N3OS. The van der Waals surface area contributed by atoms with Crippen molar-refractivity contribution in [1.82, 2.24) is 5.32 Å². The van der Waals surface area contributed by atoms with Crippen molar-refractivity contribution in [2.45, 2.75) is 45.6 Å². The van der Waals surface area contributed by atoms with Crippen molar-refractivity contribution in [1.29, 1.82) is 0 Å². The van der Waals surface area contributed by atoms with Crippen LogP contribution in [0.2, 0.25) is 0 Å². The van der Waals surface area contributed by atoms with Crippen molar-refractivity contribution in [3.63, 3.8) is 0 Å². The predicted molar refractivity (Wildman–Crippen MR) is 103 cm³/mol. The highest BCUT2D eigenvalue weighted by atomic mass is 32.2. The van der Waals surface area contributed by atoms with Crippen LogP contribution in [0, 0.1) is 0 Å². The topological polar surface area (TPSA) is 44.7 Å². The molecule has 3 rings (SSSR count). The summed E-state index contributed by atoms with van der Waals surface area (Å²) in [7, 11) is 0. The summed E-state index contributed by atoms with van der Waals surface area (Å²) < 4.78 is 0. The molecule has 0 spiro atoms. The first-order chi connectivity index (χ1) is 11.7. The Balaban J connectivity index is 1.70. The Labute approximate surface area is 148 Å². The molecule has 4 nitrogen and oxygen atoms in total. The van der Waals surface area contributed by atoms with Crippen LogP contribution in [0.15, 0.2) is 34.2 Å². The number of nitrogens with zero attached hydrogens (tertiary/aromatic N) is 2. The molecule has 0 bridgehead atoms. The zero-order valence-corrected chi connectivity index (χ0v) is 15.2. The Hall–Kier alpha value is -1.75. The Morgan fingerprint density at radius 3 is 2.50 bits per heavy atom. The van der Waals surface area contributed by atoms with Crippen LogP contribution in [0.25, 0.3) is 6.08 Å². The van der Waals surface area contributed by atoms with Crippen molar-refractivity contribution in [2.24, 2.45) is 4.99 Å². The van der Waals surface area contributed by atoms with Gasteiger partial charge in [0.05, 0.1) is 10.9 Å². The average Bonchev–Trinajstić information content (AvgIpc) is 3.21. The van der Waals surface area contributed by atoms with Gasteiger partial charge in [-0.15, -0.1) is 0 Å². The summed E-state index contributed by atoms with van der Waals surface area (Å²) in [5.41, 5.74) is 2.26. The molecule has 0 aromatic heterocycles. The molecule has 1 aliphatic carbocycles. The van der Waals surface area contributed by atoms with Gasteiger partial charge < -0.3 is 10.2 Å². The third-order valence-electron chi connectivity index (χ3n) is 4.59. The second-order valence-electron chi connectivity index (χ2n) is 6.20. The van der Waals surface area contributed by atoms with E-state index in [9.17, 15) is 4.79 Å². The fourth-order valence-corrected chi connectivity index (χ4v) is 4.10. The molecule has 2 fully saturated rings. The molecule has 1 heterocycles. The molecule has 0 unspecified atom stereocenters. The van der Waals surface area contributed by atoms with E-state index in [1.54, 1.807) is 0 Å². The molecule has 1 saturated heterocycles. The summed E-state index contributed by atoms with van der Waals surface area (Å²) >= 11 is 1.46. The van der Waals surface area contributed by atoms with Gasteiger partial charge in [0.1, 0.15) is 0 Å². The molecule has 0 atom stereocenters. The summed E-state index contributed by atoms with van der Waals surface area (Å²) in [5, 5.41) is 3.66. The number of amides is 1. The first kappa shape index (κ1) is 17.1. The minimum absolute atomic E-state index is 0.0374. The Bertz CT molecular complexity index is 641. The van der Waals surface area contributed by atoms with Gasteiger partial charge in [0.25, 0.3) is 5.91 Å². The standard InChI is InChI=1S/C19H25N3OS/c1-3-22(4-2)16-11-9-14(10-12-16)13-17-18(23)21-19(24-17)20-15-7-5-6-8-15/h9-13,15H,3-8H2,1-2H3,(H,20,21,23)/b17-13+. The number of benzene rings is 1. The van der Waals surface area contributed by atoms with Crippen LogP contribution in [-0.2, 0) is 4.79 Å². The first-order valence-corrected chi connectivity index (χ1v) is 9.65. The molecular weight excluding hydrogens is 318 g/mol. The van der Waals surface area contributed by atoms with Gasteiger partial charge in [-0.3, -0.25) is 9.79 Å². The smallest absolute Gasteiger partial charge is 0.264 e. The van der Waals surface area contributed by atoms with Crippen molar-refractivity contribution in [2.75, 3.05) is 18.0 Å². The quantitative estimate of drug-likeness (QED) is 0.821. The summed E-state index contributed by atoms with van der Waals surface area (Å²) in [4.78, 5) is 19.8. The monoisotopic (exact) mass is 343 g/mol. The van der Waals surface area contributed by atoms with Crippen molar-refractivity contribution in [3.8, 4) is 0 Å². The second-order valence-corrected chi connectivity index (χ2v) is 7.23. The van der Waals surface area contributed by atoms with Gasteiger partial charge in [0.2, 0.25) is 0 Å². The Morgan fingerprint density at radius 1 is 1.21 bits per heavy atom. The third kappa shape index (κ3) is 4.01. The predicted octanol–water partition coefficient (Wildman–Crippen LogP) is 4.04. The number of amidine groups is 1. The third-order valence-corrected chi connectivity index (χ3v) is 5.52. The number of hydrogen-bond acceptors (Lipinski definition) is 4. The van der Waals surface area contributed by atoms with E-state index in [0.717, 1.165) is 41.6 Å². The number of carbonyl (C=O) groups excluding carboxylic acids is 1. The lowest BCUT2D eigenvalue weighted by molar-refractivity contribution is -0.115. The van der Waals surface area contributed by atoms with Gasteiger partial charge in [-0.1, -0.05) is 25.0 Å². The van der Waals surface area contributed by atoms with Crippen LogP contribution >= 0.6 is 11.8 Å². The van der Waals surface area contributed by atoms with Gasteiger partial charge in [0.15, 0.2) is 5.17 Å². The number of carbonyl (C=O) groups is 1. The first-order valence-electron chi connectivity index (χ1n) is 8.83. The van der Waals surface area contributed by atoms with E-state index in [2.05, 4.69) is 53.3 Å². The molecule has 1 aliphatic heterocycles. The lowest BCUT2D eigenvalue weighted by Crippen LogP contribution is -2.21. The van der Waals surface area contributed by atoms with Crippen molar-refractivity contribution >= 4 is 34.6 Å². The average molecular weight is 343 g/mol. The number of nitrogens with one attached hydrogen (secondary N) is 1. The molecule has 2 aliphatic rings. The van der Waals surface area contributed by atoms with Crippen molar-refractivity contribution < 1.29 is 4.79 Å². The van der Waals surface area contributed by atoms with Gasteiger partial charge in [-0.25, -0.2) is 0 Å². The molecule has 1 aromatic rings. The summed E-state index contributed by atoms with van der Waals surface area (Å²) in [5.74, 6) is -0.0374. The SMILES string of the molecule is CCN(CC)c1ccc(/C=C2/SC(=NC3CCCC3)NC2=O)cc1. The largest absolute Gasteiger partial charge is 0.372 e. The minimum atomic E-state index is -0.0374. The molecule has 0 radical (unpaired) electrons. The van der Waals surface area contributed by atoms with Crippen LogP contribution in [0.3, 0.4) is 0 Å². The Kier molecular flexibility index (Phi) is 5.61. The molecule has 1 saturated carbocycles. The highest BCUT2D eigenvalue weighted by Gasteiger charge is 2.25. The molecule has 5 heteroatoms. The van der Waals surface area contributed by atoms with E-state index in [0.29, 0.717) is 6.04 Å². The molecule has 1 N–H and O–H groups in total. The maximum Gasteiger partial charge on any atom is 0.264 e. The molecule has 1 aromatic carbocycles. The van der Waals surface area contributed by atoms with E-state index in [1.165, 1.54) is 30.3 Å². The summed E-state index contributed by atoms with van der Waals surface area (Å²) in [6.07, 6.45) is 6.74. The van der Waals surface area contributed by atoms with Gasteiger partial charge in [-0.05, 0) is 62.2 Å². The van der Waals surface area contributed by atoms with Crippen LogP contribution in [0.5, 0.6) is 0 Å². The number of anilines is 1. The maximum absolute atomic E-state index is 12.1. The zero-order chi connectivity index (χ0) is 16.9. The van der Waals surface area contributed by atoms with Crippen molar-refractivity contribution in [3.05, 3.63) is 34.7 Å². The fraction of sp³-hybridized carbons (Fsp3) is 0.474. The molecule has 128 valence electrons. The highest BCUT2D eigenvalue weighted by molar-refractivity contribution is 8.18. The van der Waals surface area contributed by atoms with E-state index in [1.807, 2.05) is 6.08 Å². The van der Waals surface area contributed by atoms with Gasteiger partial charge in [-0.2, -0.15) is 0 Å². The Morgan fingerprint density at radius 2 is 1.88 bits per heavy atom. The molecule has 1 amide bonds. The number of aliphatic imine (C=N–C) groups is 1. The van der Waals surface area contributed by atoms with E-state index < -0.39 is 0 Å². The second kappa shape index (κ2) is 7.88. The van der Waals surface area contributed by atoms with E-state index in [-0.39, 0.29) is 5.91 Å². The van der Waals surface area contributed by atoms with Gasteiger partial charge in [0, 0.05) is 18.8 Å². The van der Waals surface area contributed by atoms with Crippen LogP contribution < -0.4 is 10.2 Å². The summed E-state index contributed by atoms with van der Waals surface area (Å²) in [6, 6.07) is 8.76. The number of thioether (sulfide) groups is 1. The lowest BCUT2D eigenvalue weighted by Gasteiger charge is -2.20. The van der Waals surface area contributed by atoms with E-state index >= 15 is 0 Å². The number of rotatable bonds is 5. The zero-order valence-electron chi connectivity index (χ0n) is 14.4. The lowest BCUT2D eigenvalue weighted by atomic mass is 10.1. The van der Waals surface area contributed by atoms with Crippen LogP contribution in [0.1, 0.15) is 45.1 Å². The molecule has 24 heavy (non-hydrogen) atoms. The number of hydrogen-bond donors (Lipinski definition) is 1. The van der Waals surface area contributed by atoms with Crippen LogP contribution in [-0.4, -0.2) is 30.2 Å².